The number of carbonyl (C=O) groups excluding carboxylic acids is 2. The zero-order chi connectivity index (χ0) is 43.2. The average Bonchev–Trinajstić information content (AvgIpc) is 3.22. The topological polar surface area (TPSA) is 134 Å². The summed E-state index contributed by atoms with van der Waals surface area (Å²) in [4.78, 5) is 34.9. The Labute approximate surface area is 360 Å². The van der Waals surface area contributed by atoms with E-state index in [-0.39, 0.29) is 32.6 Å². The first-order valence-electron chi connectivity index (χ1n) is 23.1. The van der Waals surface area contributed by atoms with Crippen LogP contribution in [0.2, 0.25) is 0 Å². The predicted octanol–water partition coefficient (Wildman–Crippen LogP) is 13.6. The van der Waals surface area contributed by atoms with E-state index in [1.807, 2.05) is 12.2 Å². The molecule has 59 heavy (non-hydrogen) atoms. The molecule has 2 unspecified atom stereocenters. The van der Waals surface area contributed by atoms with Crippen LogP contribution in [-0.4, -0.2) is 49.3 Å². The van der Waals surface area contributed by atoms with E-state index >= 15 is 0 Å². The fourth-order valence-corrected chi connectivity index (χ4v) is 6.65. The van der Waals surface area contributed by atoms with Crippen LogP contribution in [-0.2, 0) is 32.7 Å². The number of ether oxygens (including phenoxy) is 2. The van der Waals surface area contributed by atoms with Crippen LogP contribution in [0.5, 0.6) is 0 Å². The van der Waals surface area contributed by atoms with E-state index in [1.54, 1.807) is 0 Å². The van der Waals surface area contributed by atoms with Gasteiger partial charge in [-0.1, -0.05) is 176 Å². The SMILES string of the molecule is CCC=CCC=CCC=CCC=CCC=CCC=CCCC(=O)OC(COC(=O)CCCCCCCCCCCC=CCCCCCCCC)COP(=O)(O)OCCN. The molecule has 0 amide bonds. The van der Waals surface area contributed by atoms with Gasteiger partial charge in [0, 0.05) is 19.4 Å². The van der Waals surface area contributed by atoms with Gasteiger partial charge < -0.3 is 20.1 Å². The number of nitrogens with two attached hydrogens (primary N) is 1. The summed E-state index contributed by atoms with van der Waals surface area (Å²) >= 11 is 0. The van der Waals surface area contributed by atoms with Gasteiger partial charge in [0.05, 0.1) is 13.2 Å². The van der Waals surface area contributed by atoms with Crippen LogP contribution in [0.4, 0.5) is 0 Å². The fraction of sp³-hybridized carbons (Fsp3) is 0.673. The summed E-state index contributed by atoms with van der Waals surface area (Å²) in [5.74, 6) is -0.933. The molecule has 0 aromatic rings. The van der Waals surface area contributed by atoms with Gasteiger partial charge in [0.25, 0.3) is 0 Å². The lowest BCUT2D eigenvalue weighted by Crippen LogP contribution is -2.29. The number of phosphoric acid groups is 1. The molecule has 0 saturated carbocycles. The van der Waals surface area contributed by atoms with Gasteiger partial charge in [0.1, 0.15) is 6.61 Å². The molecular weight excluding hydrogens is 762 g/mol. The van der Waals surface area contributed by atoms with E-state index in [2.05, 4.69) is 86.8 Å². The van der Waals surface area contributed by atoms with E-state index in [1.165, 1.54) is 83.5 Å². The second-order valence-electron chi connectivity index (χ2n) is 14.9. The van der Waals surface area contributed by atoms with Crippen molar-refractivity contribution in [2.45, 2.75) is 187 Å². The fourth-order valence-electron chi connectivity index (χ4n) is 5.89. The highest BCUT2D eigenvalue weighted by atomic mass is 31.2. The summed E-state index contributed by atoms with van der Waals surface area (Å²) in [6.45, 7) is 3.52. The predicted molar refractivity (Wildman–Crippen MR) is 247 cm³/mol. The summed E-state index contributed by atoms with van der Waals surface area (Å²) in [7, 11) is -4.40. The van der Waals surface area contributed by atoms with Crippen molar-refractivity contribution >= 4 is 19.8 Å². The maximum atomic E-state index is 12.6. The van der Waals surface area contributed by atoms with Crippen molar-refractivity contribution in [2.24, 2.45) is 5.73 Å². The van der Waals surface area contributed by atoms with Crippen LogP contribution in [0.15, 0.2) is 85.1 Å². The first kappa shape index (κ1) is 56.2. The normalized spacial score (nSPS) is 14.0. The molecule has 9 nitrogen and oxygen atoms in total. The highest BCUT2D eigenvalue weighted by Gasteiger charge is 2.25. The molecule has 0 rings (SSSR count). The van der Waals surface area contributed by atoms with E-state index in [9.17, 15) is 19.0 Å². The number of phosphoric ester groups is 1. The lowest BCUT2D eigenvalue weighted by molar-refractivity contribution is -0.161. The maximum absolute atomic E-state index is 12.6. The van der Waals surface area contributed by atoms with Crippen molar-refractivity contribution in [3.05, 3.63) is 85.1 Å². The summed E-state index contributed by atoms with van der Waals surface area (Å²) in [5.41, 5.74) is 5.35. The van der Waals surface area contributed by atoms with Gasteiger partial charge in [-0.05, 0) is 77.0 Å². The van der Waals surface area contributed by atoms with Gasteiger partial charge in [-0.25, -0.2) is 4.57 Å². The second-order valence-corrected chi connectivity index (χ2v) is 16.3. The molecule has 0 aromatic heterocycles. The quantitative estimate of drug-likeness (QED) is 0.0266. The van der Waals surface area contributed by atoms with Crippen molar-refractivity contribution in [3.8, 4) is 0 Å². The summed E-state index contributed by atoms with van der Waals surface area (Å²) < 4.78 is 32.7. The molecular formula is C49H84NO8P. The van der Waals surface area contributed by atoms with Gasteiger partial charge in [0.15, 0.2) is 6.10 Å². The number of hydrogen-bond donors (Lipinski definition) is 2. The van der Waals surface area contributed by atoms with Crippen LogP contribution in [0.25, 0.3) is 0 Å². The Kier molecular flexibility index (Phi) is 42.6. The number of unbranched alkanes of at least 4 members (excludes halogenated alkanes) is 15. The lowest BCUT2D eigenvalue weighted by Gasteiger charge is -2.19. The van der Waals surface area contributed by atoms with Gasteiger partial charge in [-0.3, -0.25) is 18.6 Å². The number of carbonyl (C=O) groups is 2. The van der Waals surface area contributed by atoms with Crippen molar-refractivity contribution in [1.82, 2.24) is 0 Å². The molecule has 338 valence electrons. The lowest BCUT2D eigenvalue weighted by atomic mass is 10.1. The molecule has 10 heteroatoms. The number of rotatable bonds is 42. The smallest absolute Gasteiger partial charge is 0.462 e. The highest BCUT2D eigenvalue weighted by molar-refractivity contribution is 7.47. The monoisotopic (exact) mass is 846 g/mol. The standard InChI is InChI=1S/C49H84NO8P/c1-3-5-7-9-11-13-15-17-19-21-23-25-27-29-31-33-35-37-39-41-48(51)55-45-47(46-57-59(53,54)56-44-43-50)58-49(52)42-40-38-36-34-32-30-28-26-24-22-20-18-16-14-12-10-8-6-4-2/h6,8,12,14,17-20,24,26,30,32,36,38,47H,3-5,7,9-11,13,15-16,21-23,25,27-29,31,33-35,37,39-46,50H2,1-2H3,(H,53,54). The molecule has 0 saturated heterocycles. The average molecular weight is 846 g/mol. The minimum atomic E-state index is -4.40. The van der Waals surface area contributed by atoms with Crippen molar-refractivity contribution < 1.29 is 37.6 Å². The van der Waals surface area contributed by atoms with Gasteiger partial charge in [-0.2, -0.15) is 0 Å². The number of esters is 2. The maximum Gasteiger partial charge on any atom is 0.472 e. The third kappa shape index (κ3) is 44.6. The first-order chi connectivity index (χ1) is 28.8. The third-order valence-electron chi connectivity index (χ3n) is 9.28. The Hall–Kier alpha value is -2.81. The zero-order valence-electron chi connectivity index (χ0n) is 37.2. The van der Waals surface area contributed by atoms with E-state index < -0.39 is 32.5 Å². The van der Waals surface area contributed by atoms with Crippen LogP contribution >= 0.6 is 7.82 Å². The van der Waals surface area contributed by atoms with Gasteiger partial charge >= 0.3 is 19.8 Å². The molecule has 0 heterocycles. The Morgan fingerprint density at radius 2 is 0.966 bits per heavy atom. The number of allylic oxidation sites excluding steroid dienone is 14. The molecule has 2 atom stereocenters. The summed E-state index contributed by atoms with van der Waals surface area (Å²) in [5, 5.41) is 0. The zero-order valence-corrected chi connectivity index (χ0v) is 38.1. The molecule has 0 aromatic carbocycles. The Morgan fingerprint density at radius 3 is 1.46 bits per heavy atom. The summed E-state index contributed by atoms with van der Waals surface area (Å²) in [6, 6.07) is 0. The molecule has 0 aliphatic rings. The molecule has 0 spiro atoms. The van der Waals surface area contributed by atoms with Gasteiger partial charge in [0.2, 0.25) is 0 Å². The van der Waals surface area contributed by atoms with E-state index in [4.69, 9.17) is 24.3 Å². The summed E-state index contributed by atoms with van der Waals surface area (Å²) in [6.07, 6.45) is 56.3. The van der Waals surface area contributed by atoms with Crippen LogP contribution in [0, 0.1) is 0 Å². The minimum Gasteiger partial charge on any atom is -0.462 e. The Bertz CT molecular complexity index is 1240. The molecule has 0 fully saturated rings. The minimum absolute atomic E-state index is 0.0377. The van der Waals surface area contributed by atoms with Crippen LogP contribution < -0.4 is 5.73 Å². The molecule has 0 aliphatic carbocycles. The highest BCUT2D eigenvalue weighted by Crippen LogP contribution is 2.43. The molecule has 0 bridgehead atoms. The van der Waals surface area contributed by atoms with Crippen LogP contribution in [0.1, 0.15) is 181 Å². The molecule has 3 N–H and O–H groups in total. The Morgan fingerprint density at radius 1 is 0.525 bits per heavy atom. The van der Waals surface area contributed by atoms with Gasteiger partial charge in [-0.15, -0.1) is 0 Å². The van der Waals surface area contributed by atoms with E-state index in [0.29, 0.717) is 6.42 Å². The molecule has 0 radical (unpaired) electrons. The second kappa shape index (κ2) is 44.7. The van der Waals surface area contributed by atoms with E-state index in [0.717, 1.165) is 64.2 Å². The van der Waals surface area contributed by atoms with Crippen LogP contribution in [0.3, 0.4) is 0 Å². The largest absolute Gasteiger partial charge is 0.472 e. The third-order valence-corrected chi connectivity index (χ3v) is 10.3. The van der Waals surface area contributed by atoms with Crippen molar-refractivity contribution in [1.29, 1.82) is 0 Å². The van der Waals surface area contributed by atoms with Crippen molar-refractivity contribution in [2.75, 3.05) is 26.4 Å². The number of hydrogen-bond acceptors (Lipinski definition) is 8. The Balaban J connectivity index is 4.24. The van der Waals surface area contributed by atoms with Crippen molar-refractivity contribution in [3.63, 3.8) is 0 Å². The molecule has 0 aliphatic heterocycles. The first-order valence-corrected chi connectivity index (χ1v) is 24.6.